The van der Waals surface area contributed by atoms with Crippen LogP contribution in [-0.2, 0) is 0 Å². The fourth-order valence-electron chi connectivity index (χ4n) is 4.24. The molecule has 128 valence electrons. The van der Waals surface area contributed by atoms with Gasteiger partial charge in [-0.3, -0.25) is 9.69 Å². The van der Waals surface area contributed by atoms with Gasteiger partial charge < -0.3 is 5.32 Å². The summed E-state index contributed by atoms with van der Waals surface area (Å²) in [4.78, 5) is 16.1. The Morgan fingerprint density at radius 2 is 1.88 bits per heavy atom. The van der Waals surface area contributed by atoms with E-state index in [-0.39, 0.29) is 17.5 Å². The largest absolute Gasteiger partial charge is 0.346 e. The first-order valence-corrected chi connectivity index (χ1v) is 9.88. The van der Waals surface area contributed by atoms with Crippen LogP contribution in [0.2, 0.25) is 10.0 Å². The highest BCUT2D eigenvalue weighted by molar-refractivity contribution is 7.20. The lowest BCUT2D eigenvalue weighted by Gasteiger charge is -2.56. The van der Waals surface area contributed by atoms with Crippen LogP contribution < -0.4 is 5.32 Å². The molecule has 1 aromatic carbocycles. The highest BCUT2D eigenvalue weighted by Gasteiger charge is 2.48. The number of halogens is 2. The molecule has 3 aliphatic rings. The van der Waals surface area contributed by atoms with E-state index in [9.17, 15) is 4.79 Å². The third-order valence-electron chi connectivity index (χ3n) is 5.66. The number of hydrogen-bond donors (Lipinski definition) is 1. The molecule has 0 spiro atoms. The van der Waals surface area contributed by atoms with E-state index in [0.717, 1.165) is 28.1 Å². The summed E-state index contributed by atoms with van der Waals surface area (Å²) in [6.45, 7) is 6.77. The number of carbonyl (C=O) groups is 1. The molecule has 1 aromatic heterocycles. The molecule has 2 aromatic rings. The Morgan fingerprint density at radius 1 is 1.21 bits per heavy atom. The molecular formula is C18H20Cl2N2OS. The monoisotopic (exact) mass is 382 g/mol. The van der Waals surface area contributed by atoms with Crippen molar-refractivity contribution in [3.8, 4) is 0 Å². The summed E-state index contributed by atoms with van der Waals surface area (Å²) in [5, 5.41) is 5.32. The van der Waals surface area contributed by atoms with Crippen LogP contribution in [0.4, 0.5) is 0 Å². The summed E-state index contributed by atoms with van der Waals surface area (Å²) in [7, 11) is 0. The van der Waals surface area contributed by atoms with Crippen molar-refractivity contribution in [2.24, 2.45) is 5.92 Å². The molecule has 1 amide bonds. The molecule has 2 bridgehead atoms. The molecule has 0 unspecified atom stereocenters. The average molecular weight is 383 g/mol. The first-order valence-electron chi connectivity index (χ1n) is 8.31. The Kier molecular flexibility index (Phi) is 4.07. The zero-order chi connectivity index (χ0) is 17.1. The second kappa shape index (κ2) is 5.87. The Balaban J connectivity index is 1.60. The van der Waals surface area contributed by atoms with Crippen molar-refractivity contribution in [3.05, 3.63) is 33.1 Å². The summed E-state index contributed by atoms with van der Waals surface area (Å²) in [6, 6.07) is 5.76. The van der Waals surface area contributed by atoms with Gasteiger partial charge in [-0.1, -0.05) is 23.2 Å². The Bertz CT molecular complexity index is 770. The zero-order valence-electron chi connectivity index (χ0n) is 13.7. The van der Waals surface area contributed by atoms with Gasteiger partial charge in [0.15, 0.2) is 0 Å². The number of thiophene rings is 1. The fraction of sp³-hybridized carbons (Fsp3) is 0.500. The topological polar surface area (TPSA) is 32.3 Å². The number of fused-ring (bicyclic) bond motifs is 4. The van der Waals surface area contributed by atoms with Crippen LogP contribution in [0.1, 0.15) is 36.4 Å². The second-order valence-electron chi connectivity index (χ2n) is 7.34. The van der Waals surface area contributed by atoms with E-state index in [0.29, 0.717) is 16.0 Å². The molecule has 3 nitrogen and oxygen atoms in total. The second-order valence-corrected chi connectivity index (χ2v) is 9.24. The van der Waals surface area contributed by atoms with Gasteiger partial charge in [-0.25, -0.2) is 0 Å². The quantitative estimate of drug-likeness (QED) is 0.807. The van der Waals surface area contributed by atoms with Gasteiger partial charge in [0.05, 0.1) is 14.9 Å². The van der Waals surface area contributed by atoms with Gasteiger partial charge in [-0.05, 0) is 69.3 Å². The normalized spacial score (nSPS) is 28.2. The number of nitrogens with one attached hydrogen (secondary N) is 1. The fourth-order valence-corrected chi connectivity index (χ4v) is 5.62. The molecule has 0 saturated carbocycles. The summed E-state index contributed by atoms with van der Waals surface area (Å²) >= 11 is 13.6. The van der Waals surface area contributed by atoms with Gasteiger partial charge in [0, 0.05) is 16.3 Å². The van der Waals surface area contributed by atoms with Gasteiger partial charge in [0.1, 0.15) is 0 Å². The molecule has 0 radical (unpaired) electrons. The van der Waals surface area contributed by atoms with E-state index in [1.165, 1.54) is 24.2 Å². The maximum Gasteiger partial charge on any atom is 0.261 e. The molecule has 1 N–H and O–H groups in total. The maximum atomic E-state index is 12.8. The van der Waals surface area contributed by atoms with Crippen molar-refractivity contribution in [3.63, 3.8) is 0 Å². The molecule has 0 aliphatic carbocycles. The molecule has 3 saturated heterocycles. The van der Waals surface area contributed by atoms with Crippen LogP contribution >= 0.6 is 34.5 Å². The van der Waals surface area contributed by atoms with Crippen molar-refractivity contribution in [1.29, 1.82) is 0 Å². The lowest BCUT2D eigenvalue weighted by molar-refractivity contribution is -0.0377. The van der Waals surface area contributed by atoms with Crippen molar-refractivity contribution >= 4 is 50.5 Å². The summed E-state index contributed by atoms with van der Waals surface area (Å²) in [6.07, 6.45) is 2.35. The number of nitrogens with zero attached hydrogens (tertiary/aromatic N) is 1. The predicted molar refractivity (Wildman–Crippen MR) is 101 cm³/mol. The van der Waals surface area contributed by atoms with Crippen LogP contribution in [-0.4, -0.2) is 35.5 Å². The highest BCUT2D eigenvalue weighted by atomic mass is 35.5. The SMILES string of the molecule is CC1(C)[C@@H](NC(=O)c2cc3cc(Cl)c(Cl)cc3s2)C2CCN1CC2. The van der Waals surface area contributed by atoms with Crippen molar-refractivity contribution in [1.82, 2.24) is 10.2 Å². The molecule has 3 fully saturated rings. The molecule has 5 rings (SSSR count). The van der Waals surface area contributed by atoms with Gasteiger partial charge in [-0.2, -0.15) is 0 Å². The van der Waals surface area contributed by atoms with E-state index in [1.807, 2.05) is 18.2 Å². The van der Waals surface area contributed by atoms with Gasteiger partial charge >= 0.3 is 0 Å². The van der Waals surface area contributed by atoms with Gasteiger partial charge in [-0.15, -0.1) is 11.3 Å². The third kappa shape index (κ3) is 2.64. The molecule has 3 aliphatic heterocycles. The summed E-state index contributed by atoms with van der Waals surface area (Å²) < 4.78 is 0.989. The van der Waals surface area contributed by atoms with Crippen molar-refractivity contribution in [2.75, 3.05) is 13.1 Å². The van der Waals surface area contributed by atoms with E-state index in [2.05, 4.69) is 24.1 Å². The lowest BCUT2D eigenvalue weighted by Crippen LogP contribution is -2.69. The highest BCUT2D eigenvalue weighted by Crippen LogP contribution is 2.39. The Morgan fingerprint density at radius 3 is 2.54 bits per heavy atom. The van der Waals surface area contributed by atoms with E-state index in [4.69, 9.17) is 23.2 Å². The Labute approximate surface area is 155 Å². The predicted octanol–water partition coefficient (Wildman–Crippen LogP) is 4.81. The standard InChI is InChI=1S/C18H20Cl2N2OS/c1-18(2)16(10-3-5-22(18)6-4-10)21-17(23)15-8-11-7-12(19)13(20)9-14(11)24-15/h7-10,16H,3-6H2,1-2H3,(H,21,23)/t16-/m0/s1. The average Bonchev–Trinajstić information content (AvgIpc) is 2.94. The van der Waals surface area contributed by atoms with Crippen LogP contribution in [0.5, 0.6) is 0 Å². The number of benzene rings is 1. The summed E-state index contributed by atoms with van der Waals surface area (Å²) in [5.41, 5.74) is 0.0140. The van der Waals surface area contributed by atoms with Crippen molar-refractivity contribution < 1.29 is 4.79 Å². The van der Waals surface area contributed by atoms with E-state index >= 15 is 0 Å². The van der Waals surface area contributed by atoms with Crippen LogP contribution in [0.15, 0.2) is 18.2 Å². The Hall–Kier alpha value is -0.810. The smallest absolute Gasteiger partial charge is 0.261 e. The first-order chi connectivity index (χ1) is 11.4. The molecule has 1 atom stereocenters. The molecule has 24 heavy (non-hydrogen) atoms. The minimum absolute atomic E-state index is 0.00951. The van der Waals surface area contributed by atoms with Gasteiger partial charge in [0.25, 0.3) is 5.91 Å². The zero-order valence-corrected chi connectivity index (χ0v) is 16.1. The van der Waals surface area contributed by atoms with Crippen LogP contribution in [0, 0.1) is 5.92 Å². The summed E-state index contributed by atoms with van der Waals surface area (Å²) in [5.74, 6) is 0.586. The van der Waals surface area contributed by atoms with Crippen LogP contribution in [0.3, 0.4) is 0 Å². The minimum Gasteiger partial charge on any atom is -0.346 e. The number of carbonyl (C=O) groups excluding carboxylic acids is 1. The third-order valence-corrected chi connectivity index (χ3v) is 7.48. The van der Waals surface area contributed by atoms with Crippen LogP contribution in [0.25, 0.3) is 10.1 Å². The maximum absolute atomic E-state index is 12.8. The number of hydrogen-bond acceptors (Lipinski definition) is 3. The first kappa shape index (κ1) is 16.6. The number of rotatable bonds is 2. The van der Waals surface area contributed by atoms with Crippen molar-refractivity contribution in [2.45, 2.75) is 38.3 Å². The van der Waals surface area contributed by atoms with E-state index in [1.54, 1.807) is 0 Å². The number of amides is 1. The van der Waals surface area contributed by atoms with Gasteiger partial charge in [0.2, 0.25) is 0 Å². The molecule has 4 heterocycles. The molecule has 6 heteroatoms. The van der Waals surface area contributed by atoms with E-state index < -0.39 is 0 Å². The minimum atomic E-state index is 0.00951. The molecular weight excluding hydrogens is 363 g/mol. The lowest BCUT2D eigenvalue weighted by atomic mass is 9.72. The number of piperidine rings is 3.